The van der Waals surface area contributed by atoms with Crippen molar-refractivity contribution >= 4 is 34.7 Å². The quantitative estimate of drug-likeness (QED) is 0.601. The number of hydrogen-bond acceptors (Lipinski definition) is 9. The Hall–Kier alpha value is -2.52. The Bertz CT molecular complexity index is 979. The fourth-order valence-electron chi connectivity index (χ4n) is 2.86. The van der Waals surface area contributed by atoms with Gasteiger partial charge in [-0.25, -0.2) is 0 Å². The zero-order valence-electron chi connectivity index (χ0n) is 15.5. The first-order chi connectivity index (χ1) is 13.5. The third-order valence-electron chi connectivity index (χ3n) is 4.48. The van der Waals surface area contributed by atoms with Crippen LogP contribution in [0.4, 0.5) is 11.8 Å². The van der Waals surface area contributed by atoms with Gasteiger partial charge in [-0.15, -0.1) is 10.2 Å². The van der Waals surface area contributed by atoms with Crippen molar-refractivity contribution < 1.29 is 4.74 Å². The van der Waals surface area contributed by atoms with Crippen LogP contribution in [-0.2, 0) is 6.54 Å². The first kappa shape index (κ1) is 18.8. The van der Waals surface area contributed by atoms with Gasteiger partial charge in [0.05, 0.1) is 13.2 Å². The van der Waals surface area contributed by atoms with Gasteiger partial charge in [0.25, 0.3) is 0 Å². The number of nitrogens with one attached hydrogen (secondary N) is 1. The Balaban J connectivity index is 1.37. The predicted octanol–water partition coefficient (Wildman–Crippen LogP) is 3.37. The molecule has 28 heavy (non-hydrogen) atoms. The molecule has 3 N–H and O–H groups in total. The first-order valence-corrected chi connectivity index (χ1v) is 10.1. The lowest BCUT2D eigenvalue weighted by Crippen LogP contribution is -2.09. The Morgan fingerprint density at radius 3 is 2.86 bits per heavy atom. The van der Waals surface area contributed by atoms with E-state index >= 15 is 0 Å². The number of nitrogen functional groups attached to an aromatic ring is 1. The smallest absolute Gasteiger partial charge is 0.239 e. The van der Waals surface area contributed by atoms with Crippen LogP contribution in [0.1, 0.15) is 33.6 Å². The SMILES string of the molecule is Cc1ccc(C2CC2COc2nc(NCc3nnc(C)s3)nc(N)c2Cl)nc1. The van der Waals surface area contributed by atoms with Crippen LogP contribution >= 0.6 is 22.9 Å². The number of pyridine rings is 1. The summed E-state index contributed by atoms with van der Waals surface area (Å²) in [5.74, 6) is 1.61. The molecule has 3 aromatic rings. The van der Waals surface area contributed by atoms with E-state index in [1.165, 1.54) is 11.3 Å². The molecule has 3 heterocycles. The van der Waals surface area contributed by atoms with Crippen molar-refractivity contribution in [1.29, 1.82) is 0 Å². The molecule has 3 aromatic heterocycles. The molecule has 8 nitrogen and oxygen atoms in total. The molecule has 0 aliphatic heterocycles. The summed E-state index contributed by atoms with van der Waals surface area (Å²) in [5, 5.41) is 13.1. The minimum absolute atomic E-state index is 0.176. The molecule has 1 fully saturated rings. The van der Waals surface area contributed by atoms with Crippen molar-refractivity contribution in [2.75, 3.05) is 17.7 Å². The summed E-state index contributed by atoms with van der Waals surface area (Å²) < 4.78 is 5.86. The van der Waals surface area contributed by atoms with Gasteiger partial charge in [-0.2, -0.15) is 9.97 Å². The van der Waals surface area contributed by atoms with Gasteiger partial charge in [0, 0.05) is 23.7 Å². The molecule has 0 amide bonds. The van der Waals surface area contributed by atoms with Crippen LogP contribution in [0, 0.1) is 19.8 Å². The molecule has 0 spiro atoms. The monoisotopic (exact) mass is 417 g/mol. The maximum atomic E-state index is 6.22. The molecule has 146 valence electrons. The van der Waals surface area contributed by atoms with Crippen molar-refractivity contribution in [3.05, 3.63) is 44.6 Å². The van der Waals surface area contributed by atoms with Crippen LogP contribution in [0.2, 0.25) is 5.02 Å². The fraction of sp³-hybridized carbons (Fsp3) is 0.389. The number of anilines is 2. The first-order valence-electron chi connectivity index (χ1n) is 8.91. The van der Waals surface area contributed by atoms with Crippen LogP contribution in [0.3, 0.4) is 0 Å². The molecule has 1 saturated carbocycles. The van der Waals surface area contributed by atoms with Crippen LogP contribution in [-0.4, -0.2) is 31.8 Å². The maximum Gasteiger partial charge on any atom is 0.239 e. The molecule has 1 aliphatic carbocycles. The van der Waals surface area contributed by atoms with Gasteiger partial charge in [0.2, 0.25) is 11.8 Å². The highest BCUT2D eigenvalue weighted by Gasteiger charge is 2.40. The number of halogens is 1. The third kappa shape index (κ3) is 4.31. The molecule has 10 heteroatoms. The zero-order valence-corrected chi connectivity index (χ0v) is 17.1. The normalized spacial score (nSPS) is 18.1. The van der Waals surface area contributed by atoms with Gasteiger partial charge in [-0.3, -0.25) is 4.98 Å². The molecular formula is C18H20ClN7OS. The standard InChI is InChI=1S/C18H20ClN7OS/c1-9-3-4-13(21-6-9)12-5-11(12)8-27-17-15(19)16(20)23-18(24-17)22-7-14-26-25-10(2)28-14/h3-4,6,11-12H,5,7-8H2,1-2H3,(H3,20,22,23,24). The molecule has 0 bridgehead atoms. The Morgan fingerprint density at radius 2 is 2.14 bits per heavy atom. The summed E-state index contributed by atoms with van der Waals surface area (Å²) in [7, 11) is 0. The lowest BCUT2D eigenvalue weighted by atomic mass is 10.2. The minimum atomic E-state index is 0.176. The summed E-state index contributed by atoms with van der Waals surface area (Å²) >= 11 is 7.73. The minimum Gasteiger partial charge on any atom is -0.476 e. The summed E-state index contributed by atoms with van der Waals surface area (Å²) in [5.41, 5.74) is 8.17. The number of aryl methyl sites for hydroxylation is 2. The van der Waals surface area contributed by atoms with Crippen molar-refractivity contribution in [2.45, 2.75) is 32.7 Å². The van der Waals surface area contributed by atoms with E-state index in [1.807, 2.05) is 20.0 Å². The van der Waals surface area contributed by atoms with Gasteiger partial charge in [-0.05, 0) is 31.9 Å². The Kier molecular flexibility index (Phi) is 5.27. The number of aromatic nitrogens is 5. The van der Waals surface area contributed by atoms with Gasteiger partial charge >= 0.3 is 0 Å². The average molecular weight is 418 g/mol. The zero-order chi connectivity index (χ0) is 19.7. The van der Waals surface area contributed by atoms with Crippen molar-refractivity contribution in [3.63, 3.8) is 0 Å². The Morgan fingerprint density at radius 1 is 1.29 bits per heavy atom. The summed E-state index contributed by atoms with van der Waals surface area (Å²) in [4.78, 5) is 13.0. The van der Waals surface area contributed by atoms with E-state index in [2.05, 4.69) is 42.6 Å². The molecule has 0 radical (unpaired) electrons. The van der Waals surface area contributed by atoms with Crippen LogP contribution in [0.5, 0.6) is 5.88 Å². The van der Waals surface area contributed by atoms with E-state index in [-0.39, 0.29) is 16.7 Å². The molecule has 0 aromatic carbocycles. The van der Waals surface area contributed by atoms with E-state index < -0.39 is 0 Å². The highest BCUT2D eigenvalue weighted by molar-refractivity contribution is 7.11. The number of hydrogen-bond donors (Lipinski definition) is 2. The number of rotatable bonds is 7. The van der Waals surface area contributed by atoms with Crippen molar-refractivity contribution in [2.24, 2.45) is 5.92 Å². The second-order valence-corrected chi connectivity index (χ2v) is 8.44. The lowest BCUT2D eigenvalue weighted by molar-refractivity contribution is 0.286. The average Bonchev–Trinajstić information content (AvgIpc) is 3.34. The molecular weight excluding hydrogens is 398 g/mol. The molecule has 2 unspecified atom stereocenters. The van der Waals surface area contributed by atoms with Gasteiger partial charge in [0.1, 0.15) is 15.0 Å². The maximum absolute atomic E-state index is 6.22. The molecule has 0 saturated heterocycles. The highest BCUT2D eigenvalue weighted by Crippen LogP contribution is 2.47. The van der Waals surface area contributed by atoms with E-state index in [1.54, 1.807) is 0 Å². The van der Waals surface area contributed by atoms with E-state index in [0.29, 0.717) is 30.9 Å². The van der Waals surface area contributed by atoms with Crippen LogP contribution in [0.15, 0.2) is 18.3 Å². The van der Waals surface area contributed by atoms with Gasteiger partial charge < -0.3 is 15.8 Å². The van der Waals surface area contributed by atoms with E-state index in [4.69, 9.17) is 22.1 Å². The summed E-state index contributed by atoms with van der Waals surface area (Å²) in [6, 6.07) is 4.16. The van der Waals surface area contributed by atoms with E-state index in [9.17, 15) is 0 Å². The molecule has 2 atom stereocenters. The largest absolute Gasteiger partial charge is 0.476 e. The summed E-state index contributed by atoms with van der Waals surface area (Å²) in [6.45, 7) is 4.89. The third-order valence-corrected chi connectivity index (χ3v) is 5.68. The number of nitrogens with two attached hydrogens (primary N) is 1. The molecule has 1 aliphatic rings. The highest BCUT2D eigenvalue weighted by atomic mass is 35.5. The van der Waals surface area contributed by atoms with Crippen LogP contribution < -0.4 is 15.8 Å². The second kappa shape index (κ2) is 7.84. The Labute approximate surface area is 171 Å². The van der Waals surface area contributed by atoms with Gasteiger partial charge in [-0.1, -0.05) is 29.0 Å². The van der Waals surface area contributed by atoms with Crippen LogP contribution in [0.25, 0.3) is 0 Å². The van der Waals surface area contributed by atoms with Crippen molar-refractivity contribution in [3.8, 4) is 5.88 Å². The predicted molar refractivity (Wildman–Crippen MR) is 109 cm³/mol. The second-order valence-electron chi connectivity index (χ2n) is 6.79. The van der Waals surface area contributed by atoms with Crippen molar-refractivity contribution in [1.82, 2.24) is 25.1 Å². The fourth-order valence-corrected chi connectivity index (χ4v) is 3.65. The number of nitrogens with zero attached hydrogens (tertiary/aromatic N) is 5. The summed E-state index contributed by atoms with van der Waals surface area (Å²) in [6.07, 6.45) is 2.93. The van der Waals surface area contributed by atoms with Gasteiger partial charge in [0.15, 0.2) is 5.82 Å². The lowest BCUT2D eigenvalue weighted by Gasteiger charge is -2.10. The topological polar surface area (TPSA) is 112 Å². The number of ether oxygens (including phenoxy) is 1. The molecule has 4 rings (SSSR count). The van der Waals surface area contributed by atoms with E-state index in [0.717, 1.165) is 27.7 Å².